The van der Waals surface area contributed by atoms with Gasteiger partial charge in [-0.3, -0.25) is 0 Å². The van der Waals surface area contributed by atoms with Crippen molar-refractivity contribution in [2.75, 3.05) is 0 Å². The summed E-state index contributed by atoms with van der Waals surface area (Å²) in [6, 6.07) is 0. The molecule has 0 aliphatic rings. The van der Waals surface area contributed by atoms with E-state index in [1.807, 2.05) is 19.6 Å². The molecule has 0 saturated carbocycles. The van der Waals surface area contributed by atoms with Crippen molar-refractivity contribution in [3.8, 4) is 0 Å². The average Bonchev–Trinajstić information content (AvgIpc) is 1.62. The van der Waals surface area contributed by atoms with Gasteiger partial charge in [-0.25, -0.2) is 4.79 Å². The second-order valence-electron chi connectivity index (χ2n) is 2.65. The molecule has 0 unspecified atom stereocenters. The van der Waals surface area contributed by atoms with Gasteiger partial charge in [0.25, 0.3) is 0 Å². The quantitative estimate of drug-likeness (QED) is 0.453. The molecular formula is C5H10O2SSi. The van der Waals surface area contributed by atoms with Gasteiger partial charge in [0.15, 0.2) is 0 Å². The minimum Gasteiger partial charge on any atom is -0.516 e. The monoisotopic (exact) mass is 162 g/mol. The first-order valence-electron chi connectivity index (χ1n) is 2.64. The fourth-order valence-corrected chi connectivity index (χ4v) is 1.12. The first kappa shape index (κ1) is 8.78. The summed E-state index contributed by atoms with van der Waals surface area (Å²) in [5, 5.41) is 1.03. The Hall–Kier alpha value is -0.223. The predicted octanol–water partition coefficient (Wildman–Crippen LogP) is 1.36. The second-order valence-corrected chi connectivity index (χ2v) is 7.32. The zero-order chi connectivity index (χ0) is 7.49. The summed E-state index contributed by atoms with van der Waals surface area (Å²) in [5.74, 6) is -0.385. The van der Waals surface area contributed by atoms with Crippen LogP contribution in [0.3, 0.4) is 0 Å². The first-order valence-corrected chi connectivity index (χ1v) is 6.52. The van der Waals surface area contributed by atoms with E-state index in [4.69, 9.17) is 4.43 Å². The molecule has 0 aliphatic carbocycles. The number of thiocarbonyl (C=S) groups is 1. The molecule has 4 heteroatoms. The molecule has 0 aromatic heterocycles. The maximum atomic E-state index is 10.5. The van der Waals surface area contributed by atoms with Crippen molar-refractivity contribution in [3.63, 3.8) is 0 Å². The lowest BCUT2D eigenvalue weighted by Crippen LogP contribution is -2.29. The Labute approximate surface area is 61.3 Å². The minimum absolute atomic E-state index is 0.385. The van der Waals surface area contributed by atoms with Crippen LogP contribution < -0.4 is 0 Å². The Balaban J connectivity index is 3.74. The van der Waals surface area contributed by atoms with Gasteiger partial charge in [0.05, 0.1) is 5.37 Å². The van der Waals surface area contributed by atoms with Crippen molar-refractivity contribution in [1.82, 2.24) is 0 Å². The molecule has 0 aliphatic heterocycles. The summed E-state index contributed by atoms with van der Waals surface area (Å²) in [7, 11) is -1.69. The van der Waals surface area contributed by atoms with Gasteiger partial charge < -0.3 is 4.43 Å². The van der Waals surface area contributed by atoms with Gasteiger partial charge in [-0.05, 0) is 19.6 Å². The van der Waals surface area contributed by atoms with Crippen LogP contribution in [0.2, 0.25) is 19.6 Å². The maximum absolute atomic E-state index is 10.5. The van der Waals surface area contributed by atoms with Crippen LogP contribution in [0.4, 0.5) is 0 Å². The fraction of sp³-hybridized carbons (Fsp3) is 0.600. The Bertz CT molecular complexity index is 127. The molecule has 0 radical (unpaired) electrons. The fourth-order valence-electron chi connectivity index (χ4n) is 0.326. The highest BCUT2D eigenvalue weighted by Crippen LogP contribution is 2.01. The highest BCUT2D eigenvalue weighted by Gasteiger charge is 2.17. The van der Waals surface area contributed by atoms with Crippen LogP contribution in [-0.4, -0.2) is 19.7 Å². The Morgan fingerprint density at radius 1 is 1.56 bits per heavy atom. The highest BCUT2D eigenvalue weighted by atomic mass is 32.1. The van der Waals surface area contributed by atoms with E-state index in [2.05, 4.69) is 12.2 Å². The van der Waals surface area contributed by atoms with Crippen molar-refractivity contribution >= 4 is 31.9 Å². The van der Waals surface area contributed by atoms with Gasteiger partial charge in [0.2, 0.25) is 8.32 Å². The third-order valence-corrected chi connectivity index (χ3v) is 1.51. The average molecular weight is 162 g/mol. The molecule has 0 bridgehead atoms. The van der Waals surface area contributed by atoms with Crippen LogP contribution in [0.25, 0.3) is 0 Å². The normalized spacial score (nSPS) is 10.6. The molecule has 0 amide bonds. The molecule has 0 heterocycles. The largest absolute Gasteiger partial charge is 0.516 e. The van der Waals surface area contributed by atoms with Gasteiger partial charge in [-0.15, -0.1) is 0 Å². The zero-order valence-corrected chi connectivity index (χ0v) is 7.62. The summed E-state index contributed by atoms with van der Waals surface area (Å²) >= 11 is 4.37. The number of hydrogen-bond donors (Lipinski definition) is 0. The van der Waals surface area contributed by atoms with Crippen LogP contribution >= 0.6 is 12.2 Å². The molecule has 0 N–H and O–H groups in total. The Morgan fingerprint density at radius 2 is 2.00 bits per heavy atom. The van der Waals surface area contributed by atoms with Gasteiger partial charge in [0, 0.05) is 0 Å². The van der Waals surface area contributed by atoms with E-state index in [1.165, 1.54) is 0 Å². The summed E-state index contributed by atoms with van der Waals surface area (Å²) in [5.41, 5.74) is 0. The first-order chi connectivity index (χ1) is 3.95. The third kappa shape index (κ3) is 5.65. The van der Waals surface area contributed by atoms with Crippen LogP contribution in [0.5, 0.6) is 0 Å². The van der Waals surface area contributed by atoms with Crippen LogP contribution in [0.1, 0.15) is 0 Å². The molecular weight excluding hydrogens is 152 g/mol. The Kier molecular flexibility index (Phi) is 3.00. The Morgan fingerprint density at radius 3 is 2.11 bits per heavy atom. The summed E-state index contributed by atoms with van der Waals surface area (Å²) in [4.78, 5) is 10.5. The van der Waals surface area contributed by atoms with E-state index in [9.17, 15) is 4.79 Å². The lowest BCUT2D eigenvalue weighted by Gasteiger charge is -2.14. The summed E-state index contributed by atoms with van der Waals surface area (Å²) in [6.07, 6.45) is 0. The minimum atomic E-state index is -1.69. The zero-order valence-electron chi connectivity index (χ0n) is 5.80. The lowest BCUT2D eigenvalue weighted by molar-refractivity contribution is -0.126. The second kappa shape index (κ2) is 3.08. The molecule has 0 spiro atoms. The summed E-state index contributed by atoms with van der Waals surface area (Å²) in [6.45, 7) is 5.80. The molecule has 0 fully saturated rings. The van der Waals surface area contributed by atoms with E-state index < -0.39 is 8.32 Å². The molecule has 0 atom stereocenters. The van der Waals surface area contributed by atoms with Crippen molar-refractivity contribution in [3.05, 3.63) is 0 Å². The van der Waals surface area contributed by atoms with Crippen molar-refractivity contribution < 1.29 is 9.22 Å². The van der Waals surface area contributed by atoms with Crippen molar-refractivity contribution in [2.24, 2.45) is 0 Å². The van der Waals surface area contributed by atoms with E-state index >= 15 is 0 Å². The van der Waals surface area contributed by atoms with Crippen molar-refractivity contribution in [2.45, 2.75) is 19.6 Å². The molecule has 0 rings (SSSR count). The highest BCUT2D eigenvalue weighted by molar-refractivity contribution is 7.80. The third-order valence-electron chi connectivity index (χ3n) is 0.503. The van der Waals surface area contributed by atoms with E-state index in [1.54, 1.807) is 0 Å². The number of hydrogen-bond acceptors (Lipinski definition) is 3. The van der Waals surface area contributed by atoms with Gasteiger partial charge >= 0.3 is 5.97 Å². The van der Waals surface area contributed by atoms with E-state index in [-0.39, 0.29) is 5.97 Å². The van der Waals surface area contributed by atoms with Crippen molar-refractivity contribution in [1.29, 1.82) is 0 Å². The molecule has 0 aromatic carbocycles. The predicted molar refractivity (Wildman–Crippen MR) is 43.1 cm³/mol. The van der Waals surface area contributed by atoms with Crippen LogP contribution in [-0.2, 0) is 9.22 Å². The lowest BCUT2D eigenvalue weighted by atomic mass is 10.8. The standard InChI is InChI=1S/C5H10O2SSi/c1-9(2,3)7-5(6)4-8/h4H,1-3H3. The van der Waals surface area contributed by atoms with Crippen LogP contribution in [0, 0.1) is 0 Å². The molecule has 0 saturated heterocycles. The molecule has 2 nitrogen and oxygen atoms in total. The molecule has 9 heavy (non-hydrogen) atoms. The van der Waals surface area contributed by atoms with Gasteiger partial charge in [-0.2, -0.15) is 0 Å². The SMILES string of the molecule is C[Si](C)(C)OC(=O)C=S. The van der Waals surface area contributed by atoms with Gasteiger partial charge in [-0.1, -0.05) is 12.2 Å². The number of carbonyl (C=O) groups is 1. The number of carbonyl (C=O) groups excluding carboxylic acids is 1. The van der Waals surface area contributed by atoms with Crippen LogP contribution in [0.15, 0.2) is 0 Å². The maximum Gasteiger partial charge on any atom is 0.328 e. The summed E-state index contributed by atoms with van der Waals surface area (Å²) < 4.78 is 4.93. The van der Waals surface area contributed by atoms with E-state index in [0.29, 0.717) is 0 Å². The number of rotatable bonds is 2. The van der Waals surface area contributed by atoms with E-state index in [0.717, 1.165) is 5.37 Å². The van der Waals surface area contributed by atoms with Gasteiger partial charge in [0.1, 0.15) is 0 Å². The topological polar surface area (TPSA) is 26.3 Å². The smallest absolute Gasteiger partial charge is 0.328 e. The molecule has 52 valence electrons. The molecule has 0 aromatic rings.